The van der Waals surface area contributed by atoms with Gasteiger partial charge in [0.15, 0.2) is 0 Å². The highest BCUT2D eigenvalue weighted by Gasteiger charge is 2.47. The molecule has 142 valence electrons. The summed E-state index contributed by atoms with van der Waals surface area (Å²) < 4.78 is 11.0. The molecular weight excluding hydrogens is 370 g/mol. The molecule has 1 unspecified atom stereocenters. The van der Waals surface area contributed by atoms with Crippen LogP contribution in [-0.2, 0) is 14.3 Å². The number of carbonyl (C=O) groups excluding carboxylic acids is 2. The fourth-order valence-corrected chi connectivity index (χ4v) is 3.22. The molecule has 1 amide bonds. The number of hydrogen-bond acceptors (Lipinski definition) is 5. The quantitative estimate of drug-likeness (QED) is 0.462. The standard InChI is InChI=1S/C20H20ClNO5/c1-12(2)26-10-8-22-17(15-7-4-9-27-15)16(19(24)20(22)25)18(23)13-5-3-6-14(21)11-13/h3-7,9,11-12,17,23H,8,10H2,1-2H3/b18-16-. The molecule has 0 saturated carbocycles. The maximum absolute atomic E-state index is 12.7. The van der Waals surface area contributed by atoms with E-state index in [-0.39, 0.29) is 30.6 Å². The van der Waals surface area contributed by atoms with Crippen molar-refractivity contribution in [3.05, 3.63) is 64.6 Å². The minimum atomic E-state index is -0.824. The second-order valence-electron chi connectivity index (χ2n) is 6.44. The predicted octanol–water partition coefficient (Wildman–Crippen LogP) is 3.78. The first-order chi connectivity index (χ1) is 12.9. The average molecular weight is 390 g/mol. The fourth-order valence-electron chi connectivity index (χ4n) is 3.03. The number of carbonyl (C=O) groups is 2. The lowest BCUT2D eigenvalue weighted by Gasteiger charge is -2.23. The number of ketones is 1. The Morgan fingerprint density at radius 2 is 2.07 bits per heavy atom. The maximum Gasteiger partial charge on any atom is 0.295 e. The van der Waals surface area contributed by atoms with Crippen molar-refractivity contribution in [2.45, 2.75) is 26.0 Å². The first-order valence-electron chi connectivity index (χ1n) is 8.59. The summed E-state index contributed by atoms with van der Waals surface area (Å²) in [7, 11) is 0. The largest absolute Gasteiger partial charge is 0.507 e. The Labute approximate surface area is 162 Å². The molecule has 1 aliphatic rings. The molecule has 1 N–H and O–H groups in total. The highest BCUT2D eigenvalue weighted by atomic mass is 35.5. The van der Waals surface area contributed by atoms with E-state index < -0.39 is 17.7 Å². The molecule has 27 heavy (non-hydrogen) atoms. The maximum atomic E-state index is 12.7. The Morgan fingerprint density at radius 1 is 1.30 bits per heavy atom. The van der Waals surface area contributed by atoms with Crippen LogP contribution < -0.4 is 0 Å². The van der Waals surface area contributed by atoms with E-state index in [0.717, 1.165) is 0 Å². The number of nitrogens with zero attached hydrogens (tertiary/aromatic N) is 1. The van der Waals surface area contributed by atoms with Crippen LogP contribution in [0, 0.1) is 0 Å². The zero-order chi connectivity index (χ0) is 19.6. The van der Waals surface area contributed by atoms with Crippen LogP contribution >= 0.6 is 11.6 Å². The minimum Gasteiger partial charge on any atom is -0.507 e. The van der Waals surface area contributed by atoms with Crippen LogP contribution in [0.15, 0.2) is 52.7 Å². The van der Waals surface area contributed by atoms with Gasteiger partial charge in [0.05, 0.1) is 24.5 Å². The number of benzene rings is 1. The van der Waals surface area contributed by atoms with Gasteiger partial charge in [0.2, 0.25) is 0 Å². The highest BCUT2D eigenvalue weighted by Crippen LogP contribution is 2.39. The van der Waals surface area contributed by atoms with Crippen LogP contribution in [0.1, 0.15) is 31.2 Å². The van der Waals surface area contributed by atoms with E-state index in [1.54, 1.807) is 30.3 Å². The minimum absolute atomic E-state index is 0.00431. The summed E-state index contributed by atoms with van der Waals surface area (Å²) in [5, 5.41) is 11.2. The summed E-state index contributed by atoms with van der Waals surface area (Å²) >= 11 is 5.99. The monoisotopic (exact) mass is 389 g/mol. The lowest BCUT2D eigenvalue weighted by molar-refractivity contribution is -0.140. The van der Waals surface area contributed by atoms with Crippen molar-refractivity contribution in [1.29, 1.82) is 0 Å². The molecule has 1 aromatic heterocycles. The third kappa shape index (κ3) is 3.91. The Balaban J connectivity index is 2.04. The number of likely N-dealkylation sites (tertiary alicyclic amines) is 1. The topological polar surface area (TPSA) is 80.0 Å². The van der Waals surface area contributed by atoms with Crippen LogP contribution in [0.3, 0.4) is 0 Å². The van der Waals surface area contributed by atoms with Gasteiger partial charge in [0.1, 0.15) is 17.6 Å². The third-order valence-corrected chi connectivity index (χ3v) is 4.47. The number of aliphatic hydroxyl groups is 1. The van der Waals surface area contributed by atoms with Crippen LogP contribution in [0.2, 0.25) is 5.02 Å². The van der Waals surface area contributed by atoms with Crippen molar-refractivity contribution in [3.8, 4) is 0 Å². The predicted molar refractivity (Wildman–Crippen MR) is 100 cm³/mol. The number of rotatable bonds is 6. The van der Waals surface area contributed by atoms with E-state index in [4.69, 9.17) is 20.8 Å². The smallest absolute Gasteiger partial charge is 0.295 e. The molecular formula is C20H20ClNO5. The van der Waals surface area contributed by atoms with Gasteiger partial charge < -0.3 is 19.2 Å². The molecule has 3 rings (SSSR count). The van der Waals surface area contributed by atoms with E-state index in [0.29, 0.717) is 16.3 Å². The molecule has 7 heteroatoms. The summed E-state index contributed by atoms with van der Waals surface area (Å²) in [6.45, 7) is 4.23. The Morgan fingerprint density at radius 3 is 2.70 bits per heavy atom. The van der Waals surface area contributed by atoms with Gasteiger partial charge >= 0.3 is 0 Å². The van der Waals surface area contributed by atoms with E-state index in [2.05, 4.69) is 0 Å². The second kappa shape index (κ2) is 7.98. The first-order valence-corrected chi connectivity index (χ1v) is 8.97. The van der Waals surface area contributed by atoms with E-state index in [1.165, 1.54) is 17.2 Å². The van der Waals surface area contributed by atoms with E-state index in [1.807, 2.05) is 13.8 Å². The van der Waals surface area contributed by atoms with Gasteiger partial charge in [-0.25, -0.2) is 0 Å². The molecule has 1 fully saturated rings. The lowest BCUT2D eigenvalue weighted by atomic mass is 9.99. The Bertz CT molecular complexity index is 872. The molecule has 1 aliphatic heterocycles. The average Bonchev–Trinajstić information content (AvgIpc) is 3.23. The summed E-state index contributed by atoms with van der Waals surface area (Å²) in [4.78, 5) is 26.7. The number of Topliss-reactive ketones (excluding diaryl/α,β-unsaturated/α-hetero) is 1. The number of furan rings is 1. The van der Waals surface area contributed by atoms with Gasteiger partial charge in [-0.1, -0.05) is 23.7 Å². The van der Waals surface area contributed by atoms with Crippen molar-refractivity contribution < 1.29 is 23.8 Å². The molecule has 1 aromatic carbocycles. The number of hydrogen-bond donors (Lipinski definition) is 1. The van der Waals surface area contributed by atoms with Gasteiger partial charge in [-0.05, 0) is 38.1 Å². The summed E-state index contributed by atoms with van der Waals surface area (Å²) in [5.41, 5.74) is 0.331. The van der Waals surface area contributed by atoms with Gasteiger partial charge in [-0.15, -0.1) is 0 Å². The third-order valence-electron chi connectivity index (χ3n) is 4.23. The zero-order valence-electron chi connectivity index (χ0n) is 15.0. The Hall–Kier alpha value is -2.57. The van der Waals surface area contributed by atoms with Crippen molar-refractivity contribution in [2.75, 3.05) is 13.2 Å². The van der Waals surface area contributed by atoms with Gasteiger partial charge in [-0.3, -0.25) is 9.59 Å². The molecule has 1 saturated heterocycles. The van der Waals surface area contributed by atoms with E-state index >= 15 is 0 Å². The lowest BCUT2D eigenvalue weighted by Crippen LogP contribution is -2.33. The summed E-state index contributed by atoms with van der Waals surface area (Å²) in [5.74, 6) is -1.36. The number of halogens is 1. The number of aliphatic hydroxyl groups excluding tert-OH is 1. The fraction of sp³-hybridized carbons (Fsp3) is 0.300. The first kappa shape index (κ1) is 19.2. The molecule has 0 aliphatic carbocycles. The summed E-state index contributed by atoms with van der Waals surface area (Å²) in [6, 6.07) is 8.98. The zero-order valence-corrected chi connectivity index (χ0v) is 15.8. The van der Waals surface area contributed by atoms with Gasteiger partial charge in [-0.2, -0.15) is 0 Å². The molecule has 2 aromatic rings. The highest BCUT2D eigenvalue weighted by molar-refractivity contribution is 6.46. The van der Waals surface area contributed by atoms with Crippen LogP contribution in [0.4, 0.5) is 0 Å². The molecule has 2 heterocycles. The summed E-state index contributed by atoms with van der Waals surface area (Å²) in [6.07, 6.45) is 1.45. The van der Waals surface area contributed by atoms with E-state index in [9.17, 15) is 14.7 Å². The second-order valence-corrected chi connectivity index (χ2v) is 6.87. The van der Waals surface area contributed by atoms with Crippen molar-refractivity contribution in [3.63, 3.8) is 0 Å². The SMILES string of the molecule is CC(C)OCCN1C(=O)C(=O)/C(=C(\O)c2cccc(Cl)c2)C1c1ccco1. The molecule has 0 bridgehead atoms. The number of amides is 1. The van der Waals surface area contributed by atoms with Crippen LogP contribution in [0.5, 0.6) is 0 Å². The van der Waals surface area contributed by atoms with Crippen molar-refractivity contribution in [2.24, 2.45) is 0 Å². The van der Waals surface area contributed by atoms with Gasteiger partial charge in [0.25, 0.3) is 11.7 Å². The molecule has 6 nitrogen and oxygen atoms in total. The molecule has 1 atom stereocenters. The van der Waals surface area contributed by atoms with Gasteiger partial charge in [0, 0.05) is 17.1 Å². The molecule has 0 radical (unpaired) electrons. The normalized spacial score (nSPS) is 19.3. The van der Waals surface area contributed by atoms with Crippen molar-refractivity contribution >= 4 is 29.1 Å². The number of ether oxygens (including phenoxy) is 1. The van der Waals surface area contributed by atoms with Crippen LogP contribution in [0.25, 0.3) is 5.76 Å². The van der Waals surface area contributed by atoms with Crippen LogP contribution in [-0.4, -0.2) is 41.0 Å². The molecule has 0 spiro atoms. The van der Waals surface area contributed by atoms with Crippen molar-refractivity contribution in [1.82, 2.24) is 4.90 Å². The Kier molecular flexibility index (Phi) is 5.68.